The normalized spacial score (nSPS) is 15.4. The molecule has 1 aromatic carbocycles. The Hall–Kier alpha value is -2.46. The fourth-order valence-corrected chi connectivity index (χ4v) is 4.00. The lowest BCUT2D eigenvalue weighted by molar-refractivity contribution is -0.286. The SMILES string of the molecule is CCS(=O)(=O)c1ccc(Cl)nc1-c1nc2cc3c(cc2n1C)OC(F)(F)O3. The maximum atomic E-state index is 13.2. The first-order chi connectivity index (χ1) is 12.6. The molecule has 27 heavy (non-hydrogen) atoms. The quantitative estimate of drug-likeness (QED) is 0.610. The van der Waals surface area contributed by atoms with Crippen LogP contribution in [0.4, 0.5) is 8.78 Å². The van der Waals surface area contributed by atoms with E-state index >= 15 is 0 Å². The third kappa shape index (κ3) is 2.88. The van der Waals surface area contributed by atoms with E-state index in [0.29, 0.717) is 11.0 Å². The minimum Gasteiger partial charge on any atom is -0.395 e. The predicted octanol–water partition coefficient (Wildman–Crippen LogP) is 3.40. The van der Waals surface area contributed by atoms with Crippen molar-refractivity contribution >= 4 is 32.5 Å². The smallest absolute Gasteiger partial charge is 0.395 e. The van der Waals surface area contributed by atoms with Crippen LogP contribution in [0.25, 0.3) is 22.6 Å². The molecule has 0 N–H and O–H groups in total. The number of hydrogen-bond donors (Lipinski definition) is 0. The second-order valence-electron chi connectivity index (χ2n) is 5.83. The molecule has 1 aliphatic rings. The van der Waals surface area contributed by atoms with Gasteiger partial charge >= 0.3 is 6.29 Å². The predicted molar refractivity (Wildman–Crippen MR) is 92.9 cm³/mol. The molecule has 0 fully saturated rings. The molecule has 11 heteroatoms. The average Bonchev–Trinajstić information content (AvgIpc) is 3.07. The van der Waals surface area contributed by atoms with Crippen LogP contribution in [0.15, 0.2) is 29.2 Å². The van der Waals surface area contributed by atoms with E-state index in [2.05, 4.69) is 19.4 Å². The molecule has 0 unspecified atom stereocenters. The Balaban J connectivity index is 1.95. The lowest BCUT2D eigenvalue weighted by atomic mass is 10.3. The molecule has 0 amide bonds. The van der Waals surface area contributed by atoms with Crippen LogP contribution in [0.5, 0.6) is 11.5 Å². The van der Waals surface area contributed by atoms with Crippen LogP contribution in [0, 0.1) is 0 Å². The number of halogens is 3. The molecule has 2 aromatic heterocycles. The topological polar surface area (TPSA) is 83.3 Å². The minimum absolute atomic E-state index is 0.0145. The van der Waals surface area contributed by atoms with Gasteiger partial charge in [-0.2, -0.15) is 0 Å². The van der Waals surface area contributed by atoms with Gasteiger partial charge in [0.25, 0.3) is 0 Å². The number of aryl methyl sites for hydroxylation is 1. The lowest BCUT2D eigenvalue weighted by Crippen LogP contribution is -2.25. The van der Waals surface area contributed by atoms with Crippen molar-refractivity contribution < 1.29 is 26.7 Å². The van der Waals surface area contributed by atoms with Gasteiger partial charge in [0.2, 0.25) is 0 Å². The Labute approximate surface area is 157 Å². The Morgan fingerprint density at radius 1 is 1.19 bits per heavy atom. The largest absolute Gasteiger partial charge is 0.586 e. The molecule has 0 saturated carbocycles. The number of benzene rings is 1. The van der Waals surface area contributed by atoms with Gasteiger partial charge in [-0.1, -0.05) is 18.5 Å². The van der Waals surface area contributed by atoms with Crippen LogP contribution in [0.1, 0.15) is 6.92 Å². The van der Waals surface area contributed by atoms with Crippen LogP contribution in [0.2, 0.25) is 5.15 Å². The van der Waals surface area contributed by atoms with Crippen molar-refractivity contribution in [2.24, 2.45) is 7.05 Å². The van der Waals surface area contributed by atoms with Gasteiger partial charge < -0.3 is 14.0 Å². The summed E-state index contributed by atoms with van der Waals surface area (Å²) in [6.45, 7) is 1.52. The van der Waals surface area contributed by atoms with E-state index in [1.165, 1.54) is 35.8 Å². The Morgan fingerprint density at radius 2 is 1.85 bits per heavy atom. The van der Waals surface area contributed by atoms with Crippen molar-refractivity contribution in [2.45, 2.75) is 18.1 Å². The number of hydrogen-bond acceptors (Lipinski definition) is 6. The molecule has 0 aliphatic carbocycles. The fourth-order valence-electron chi connectivity index (χ4n) is 2.84. The Kier molecular flexibility index (Phi) is 3.83. The number of rotatable bonds is 3. The molecule has 0 bridgehead atoms. The van der Waals surface area contributed by atoms with Gasteiger partial charge in [-0.15, -0.1) is 8.78 Å². The molecular formula is C16H12ClF2N3O4S. The van der Waals surface area contributed by atoms with Crippen LogP contribution >= 0.6 is 11.6 Å². The first kappa shape index (κ1) is 17.9. The number of pyridine rings is 1. The van der Waals surface area contributed by atoms with E-state index in [1.54, 1.807) is 7.05 Å². The van der Waals surface area contributed by atoms with E-state index in [4.69, 9.17) is 11.6 Å². The second kappa shape index (κ2) is 5.77. The summed E-state index contributed by atoms with van der Waals surface area (Å²) < 4.78 is 61.8. The highest BCUT2D eigenvalue weighted by Crippen LogP contribution is 2.43. The minimum atomic E-state index is -3.74. The highest BCUT2D eigenvalue weighted by atomic mass is 35.5. The number of ether oxygens (including phenoxy) is 2. The standard InChI is InChI=1S/C16H12ClF2N3O4S/c1-3-27(23,24)12-4-5-13(17)21-14(12)15-20-8-6-10-11(7-9(8)22(15)2)26-16(18,19)25-10/h4-7H,3H2,1-2H3. The molecule has 0 radical (unpaired) electrons. The van der Waals surface area contributed by atoms with Gasteiger partial charge in [0.1, 0.15) is 10.8 Å². The fraction of sp³-hybridized carbons (Fsp3) is 0.250. The summed E-state index contributed by atoms with van der Waals surface area (Å²) >= 11 is 5.96. The molecule has 142 valence electrons. The van der Waals surface area contributed by atoms with Gasteiger partial charge in [0, 0.05) is 19.2 Å². The van der Waals surface area contributed by atoms with E-state index in [9.17, 15) is 17.2 Å². The number of nitrogens with zero attached hydrogens (tertiary/aromatic N) is 3. The first-order valence-corrected chi connectivity index (χ1v) is 9.80. The van der Waals surface area contributed by atoms with E-state index in [1.807, 2.05) is 0 Å². The van der Waals surface area contributed by atoms with Crippen LogP contribution < -0.4 is 9.47 Å². The van der Waals surface area contributed by atoms with Crippen LogP contribution in [-0.2, 0) is 16.9 Å². The van der Waals surface area contributed by atoms with Gasteiger partial charge in [0.05, 0.1) is 21.7 Å². The van der Waals surface area contributed by atoms with Gasteiger partial charge in [-0.3, -0.25) is 0 Å². The molecule has 0 atom stereocenters. The molecular weight excluding hydrogens is 404 g/mol. The van der Waals surface area contributed by atoms with Crippen LogP contribution in [-0.4, -0.2) is 35.0 Å². The summed E-state index contributed by atoms with van der Waals surface area (Å²) in [6, 6.07) is 5.40. The molecule has 0 spiro atoms. The van der Waals surface area contributed by atoms with Crippen molar-refractivity contribution in [2.75, 3.05) is 5.75 Å². The molecule has 3 heterocycles. The van der Waals surface area contributed by atoms with Crippen molar-refractivity contribution in [1.82, 2.24) is 14.5 Å². The third-order valence-electron chi connectivity index (χ3n) is 4.16. The monoisotopic (exact) mass is 415 g/mol. The summed E-state index contributed by atoms with van der Waals surface area (Å²) in [5, 5.41) is 0.0981. The summed E-state index contributed by atoms with van der Waals surface area (Å²) in [6.07, 6.45) is -3.74. The zero-order chi connectivity index (χ0) is 19.6. The molecule has 4 rings (SSSR count). The zero-order valence-electron chi connectivity index (χ0n) is 14.0. The maximum Gasteiger partial charge on any atom is 0.586 e. The molecule has 7 nitrogen and oxygen atoms in total. The maximum absolute atomic E-state index is 13.2. The summed E-state index contributed by atoms with van der Waals surface area (Å²) in [7, 11) is -1.99. The van der Waals surface area contributed by atoms with E-state index in [0.717, 1.165) is 0 Å². The Bertz CT molecular complexity index is 1190. The van der Waals surface area contributed by atoms with E-state index in [-0.39, 0.29) is 38.8 Å². The highest BCUT2D eigenvalue weighted by Gasteiger charge is 2.44. The lowest BCUT2D eigenvalue weighted by Gasteiger charge is -2.09. The highest BCUT2D eigenvalue weighted by molar-refractivity contribution is 7.91. The number of fused-ring (bicyclic) bond motifs is 2. The number of alkyl halides is 2. The number of imidazole rings is 1. The van der Waals surface area contributed by atoms with Crippen LogP contribution in [0.3, 0.4) is 0 Å². The molecule has 1 aliphatic heterocycles. The van der Waals surface area contributed by atoms with Crippen molar-refractivity contribution in [1.29, 1.82) is 0 Å². The average molecular weight is 416 g/mol. The zero-order valence-corrected chi connectivity index (χ0v) is 15.6. The van der Waals surface area contributed by atoms with E-state index < -0.39 is 16.1 Å². The first-order valence-electron chi connectivity index (χ1n) is 7.77. The van der Waals surface area contributed by atoms with Crippen molar-refractivity contribution in [3.8, 4) is 23.0 Å². The molecule has 0 saturated heterocycles. The summed E-state index contributed by atoms with van der Waals surface area (Å²) in [5.74, 6) is -0.201. The van der Waals surface area contributed by atoms with Crippen molar-refractivity contribution in [3.05, 3.63) is 29.4 Å². The van der Waals surface area contributed by atoms with Gasteiger partial charge in [-0.05, 0) is 12.1 Å². The Morgan fingerprint density at radius 3 is 2.52 bits per heavy atom. The van der Waals surface area contributed by atoms with Gasteiger partial charge in [0.15, 0.2) is 27.2 Å². The van der Waals surface area contributed by atoms with Crippen molar-refractivity contribution in [3.63, 3.8) is 0 Å². The second-order valence-corrected chi connectivity index (χ2v) is 8.47. The summed E-state index contributed by atoms with van der Waals surface area (Å²) in [5.41, 5.74) is 0.830. The summed E-state index contributed by atoms with van der Waals surface area (Å²) in [4.78, 5) is 8.48. The molecule has 3 aromatic rings. The number of sulfone groups is 1. The third-order valence-corrected chi connectivity index (χ3v) is 6.13. The van der Waals surface area contributed by atoms with Gasteiger partial charge in [-0.25, -0.2) is 18.4 Å². The number of aromatic nitrogens is 3.